The Balaban J connectivity index is -0.0000000813. The van der Waals surface area contributed by atoms with Gasteiger partial charge in [0, 0.05) is 39.4 Å². The zero-order valence-electron chi connectivity index (χ0n) is 11.6. The van der Waals surface area contributed by atoms with Crippen LogP contribution in [-0.4, -0.2) is 40.3 Å². The van der Waals surface area contributed by atoms with Crippen molar-refractivity contribution in [3.8, 4) is 0 Å². The Morgan fingerprint density at radius 2 is 1.28 bits per heavy atom. The molecule has 0 heterocycles. The SMILES string of the molecule is CC(=O)CC(=O)O.CCCCO.CCCCO.[Zr]. The van der Waals surface area contributed by atoms with Crippen molar-refractivity contribution in [2.75, 3.05) is 13.2 Å². The molecule has 18 heavy (non-hydrogen) atoms. The molecule has 0 fully saturated rings. The van der Waals surface area contributed by atoms with Crippen LogP contribution < -0.4 is 0 Å². The van der Waals surface area contributed by atoms with Gasteiger partial charge in [0.2, 0.25) is 0 Å². The molecule has 0 aromatic heterocycles. The number of Topliss-reactive ketones (excluding diaryl/α,β-unsaturated/α-hetero) is 1. The summed E-state index contributed by atoms with van der Waals surface area (Å²) in [7, 11) is 0. The standard InChI is InChI=1S/C4H6O3.2C4H10O.Zr/c1-3(5)2-4(6)7;2*1-2-3-4-5;/h2H2,1H3,(H,6,7);2*5H,2-4H2,1H3;. The second kappa shape index (κ2) is 25.7. The van der Waals surface area contributed by atoms with Crippen LogP contribution in [0.2, 0.25) is 0 Å². The van der Waals surface area contributed by atoms with Crippen LogP contribution in [0, 0.1) is 0 Å². The number of carbonyl (C=O) groups is 2. The van der Waals surface area contributed by atoms with Gasteiger partial charge in [-0.1, -0.05) is 26.7 Å². The third-order valence-electron chi connectivity index (χ3n) is 1.42. The molecule has 0 spiro atoms. The van der Waals surface area contributed by atoms with Crippen molar-refractivity contribution in [1.82, 2.24) is 0 Å². The number of carbonyl (C=O) groups excluding carboxylic acids is 1. The Hall–Kier alpha value is -0.0569. The number of carboxylic acid groups (broad SMARTS) is 1. The van der Waals surface area contributed by atoms with Crippen molar-refractivity contribution in [3.05, 3.63) is 0 Å². The van der Waals surface area contributed by atoms with Crippen molar-refractivity contribution in [2.24, 2.45) is 0 Å². The van der Waals surface area contributed by atoms with Gasteiger partial charge in [0.25, 0.3) is 0 Å². The van der Waals surface area contributed by atoms with Crippen LogP contribution in [0.15, 0.2) is 0 Å². The topological polar surface area (TPSA) is 94.8 Å². The van der Waals surface area contributed by atoms with Gasteiger partial charge < -0.3 is 15.3 Å². The molecule has 0 unspecified atom stereocenters. The van der Waals surface area contributed by atoms with Crippen LogP contribution in [0.1, 0.15) is 52.9 Å². The summed E-state index contributed by atoms with van der Waals surface area (Å²) in [6.07, 6.45) is 3.72. The molecule has 0 aromatic carbocycles. The molecule has 0 aliphatic rings. The van der Waals surface area contributed by atoms with E-state index in [2.05, 4.69) is 13.8 Å². The molecule has 0 aliphatic heterocycles. The summed E-state index contributed by atoms with van der Waals surface area (Å²) in [5.74, 6) is -1.37. The second-order valence-corrected chi connectivity index (χ2v) is 3.43. The second-order valence-electron chi connectivity index (χ2n) is 3.43. The number of carboxylic acids is 1. The summed E-state index contributed by atoms with van der Waals surface area (Å²) >= 11 is 0. The molecule has 108 valence electrons. The van der Waals surface area contributed by atoms with Gasteiger partial charge in [-0.25, -0.2) is 0 Å². The van der Waals surface area contributed by atoms with E-state index in [4.69, 9.17) is 15.3 Å². The molecular weight excluding hydrogens is 315 g/mol. The average molecular weight is 342 g/mol. The molecule has 0 aromatic rings. The first-order chi connectivity index (χ1) is 7.95. The zero-order valence-corrected chi connectivity index (χ0v) is 14.1. The van der Waals surface area contributed by atoms with E-state index in [1.54, 1.807) is 0 Å². The van der Waals surface area contributed by atoms with Gasteiger partial charge in [0.1, 0.15) is 12.2 Å². The van der Waals surface area contributed by atoms with Gasteiger partial charge in [-0.15, -0.1) is 0 Å². The maximum Gasteiger partial charge on any atom is 0.310 e. The third kappa shape index (κ3) is 56.4. The Morgan fingerprint density at radius 3 is 1.28 bits per heavy atom. The van der Waals surface area contributed by atoms with E-state index in [1.807, 2.05) is 0 Å². The normalized spacial score (nSPS) is 7.83. The fraction of sp³-hybridized carbons (Fsp3) is 0.833. The number of unbranched alkanes of at least 4 members (excludes halogenated alkanes) is 2. The molecule has 3 N–H and O–H groups in total. The van der Waals surface area contributed by atoms with E-state index >= 15 is 0 Å². The van der Waals surface area contributed by atoms with Crippen molar-refractivity contribution >= 4 is 11.8 Å². The smallest absolute Gasteiger partial charge is 0.310 e. The van der Waals surface area contributed by atoms with Gasteiger partial charge in [0.15, 0.2) is 0 Å². The van der Waals surface area contributed by atoms with E-state index in [1.165, 1.54) is 6.92 Å². The van der Waals surface area contributed by atoms with Crippen LogP contribution in [0.25, 0.3) is 0 Å². The molecule has 5 nitrogen and oxygen atoms in total. The monoisotopic (exact) mass is 340 g/mol. The summed E-state index contributed by atoms with van der Waals surface area (Å²) < 4.78 is 0. The molecule has 0 aliphatic carbocycles. The van der Waals surface area contributed by atoms with Crippen molar-refractivity contribution < 1.29 is 51.1 Å². The molecule has 0 amide bonds. The number of rotatable bonds is 6. The molecule has 0 rings (SSSR count). The quantitative estimate of drug-likeness (QED) is 0.638. The van der Waals surface area contributed by atoms with Gasteiger partial charge in [-0.05, 0) is 19.8 Å². The zero-order chi connectivity index (χ0) is 14.1. The van der Waals surface area contributed by atoms with Gasteiger partial charge in [-0.2, -0.15) is 0 Å². The van der Waals surface area contributed by atoms with Crippen molar-refractivity contribution in [1.29, 1.82) is 0 Å². The number of hydrogen-bond acceptors (Lipinski definition) is 4. The third-order valence-corrected chi connectivity index (χ3v) is 1.42. The van der Waals surface area contributed by atoms with Crippen molar-refractivity contribution in [3.63, 3.8) is 0 Å². The summed E-state index contributed by atoms with van der Waals surface area (Å²) in [4.78, 5) is 19.5. The van der Waals surface area contributed by atoms with Crippen LogP contribution in [0.4, 0.5) is 0 Å². The summed E-state index contributed by atoms with van der Waals surface area (Å²) in [5, 5.41) is 24.0. The first-order valence-corrected chi connectivity index (χ1v) is 5.89. The minimum Gasteiger partial charge on any atom is -0.481 e. The Labute approximate surface area is 129 Å². The molecule has 0 atom stereocenters. The number of aliphatic hydroxyl groups is 2. The maximum atomic E-state index is 9.87. The van der Waals surface area contributed by atoms with Gasteiger partial charge in [0.05, 0.1) is 0 Å². The number of ketones is 1. The van der Waals surface area contributed by atoms with E-state index in [0.717, 1.165) is 25.7 Å². The minimum absolute atomic E-state index is 0. The fourth-order valence-corrected chi connectivity index (χ4v) is 0.529. The first-order valence-electron chi connectivity index (χ1n) is 5.89. The predicted octanol–water partition coefficient (Wildman–Crippen LogP) is 1.61. The maximum absolute atomic E-state index is 9.87. The van der Waals surface area contributed by atoms with Crippen LogP contribution in [0.3, 0.4) is 0 Å². The molecule has 0 bridgehead atoms. The summed E-state index contributed by atoms with van der Waals surface area (Å²) in [6.45, 7) is 6.04. The fourth-order valence-electron chi connectivity index (χ4n) is 0.529. The number of aliphatic carboxylic acids is 1. The largest absolute Gasteiger partial charge is 0.481 e. The predicted molar refractivity (Wildman–Crippen MR) is 66.9 cm³/mol. The van der Waals surface area contributed by atoms with E-state index in [0.29, 0.717) is 13.2 Å². The average Bonchev–Trinajstić information content (AvgIpc) is 2.19. The Morgan fingerprint density at radius 1 is 0.944 bits per heavy atom. The molecular formula is C12H26O5Zr. The van der Waals surface area contributed by atoms with Crippen LogP contribution in [0.5, 0.6) is 0 Å². The molecule has 6 heteroatoms. The van der Waals surface area contributed by atoms with Gasteiger partial charge >= 0.3 is 5.97 Å². The first kappa shape index (κ1) is 26.5. The summed E-state index contributed by atoms with van der Waals surface area (Å²) in [5.41, 5.74) is 0. The minimum atomic E-state index is -1.06. The number of hydrogen-bond donors (Lipinski definition) is 3. The van der Waals surface area contributed by atoms with Gasteiger partial charge in [-0.3, -0.25) is 9.59 Å². The molecule has 0 radical (unpaired) electrons. The van der Waals surface area contributed by atoms with Crippen LogP contribution >= 0.6 is 0 Å². The molecule has 0 saturated heterocycles. The van der Waals surface area contributed by atoms with E-state index in [9.17, 15) is 9.59 Å². The number of aliphatic hydroxyl groups excluding tert-OH is 2. The Kier molecular flexibility index (Phi) is 37.8. The van der Waals surface area contributed by atoms with E-state index < -0.39 is 5.97 Å². The summed E-state index contributed by atoms with van der Waals surface area (Å²) in [6, 6.07) is 0. The Bertz CT molecular complexity index is 152. The van der Waals surface area contributed by atoms with Crippen molar-refractivity contribution in [2.45, 2.75) is 52.9 Å². The van der Waals surface area contributed by atoms with E-state index in [-0.39, 0.29) is 38.4 Å². The molecule has 0 saturated carbocycles. The van der Waals surface area contributed by atoms with Crippen LogP contribution in [-0.2, 0) is 35.8 Å².